The van der Waals surface area contributed by atoms with E-state index in [1.165, 1.54) is 0 Å². The van der Waals surface area contributed by atoms with Crippen molar-refractivity contribution in [1.82, 2.24) is 10.6 Å². The molecule has 2 unspecified atom stereocenters. The average molecular weight is 489 g/mol. The summed E-state index contributed by atoms with van der Waals surface area (Å²) in [6.07, 6.45) is 4.39. The van der Waals surface area contributed by atoms with Crippen molar-refractivity contribution in [3.63, 3.8) is 0 Å². The molecule has 0 aliphatic heterocycles. The molecule has 1 fully saturated rings. The summed E-state index contributed by atoms with van der Waals surface area (Å²) in [7, 11) is 0. The molecular weight excluding hydrogens is 444 g/mol. The topological polar surface area (TPSA) is 93.7 Å². The number of alkyl carbamates (subject to hydrolysis) is 1. The van der Waals surface area contributed by atoms with Crippen molar-refractivity contribution >= 4 is 18.0 Å². The lowest BCUT2D eigenvalue weighted by atomic mass is 9.60. The molecule has 0 aromatic heterocycles. The van der Waals surface area contributed by atoms with E-state index in [-0.39, 0.29) is 41.3 Å². The maximum atomic E-state index is 12.2. The third kappa shape index (κ3) is 11.6. The number of unbranched alkanes of at least 4 members (excludes halogenated alkanes) is 1. The first-order valence-corrected chi connectivity index (χ1v) is 12.9. The van der Waals surface area contributed by atoms with E-state index < -0.39 is 6.09 Å². The second-order valence-corrected chi connectivity index (χ2v) is 11.4. The smallest absolute Gasteiger partial charge is 0.407 e. The molecule has 2 amide bonds. The molecule has 2 rings (SSSR count). The van der Waals surface area contributed by atoms with Crippen LogP contribution in [0.25, 0.3) is 0 Å². The Balaban J connectivity index is 1.65. The van der Waals surface area contributed by atoms with Gasteiger partial charge >= 0.3 is 12.1 Å². The first-order valence-electron chi connectivity index (χ1n) is 12.9. The third-order valence-corrected chi connectivity index (χ3v) is 6.37. The molecule has 2 N–H and O–H groups in total. The molecule has 2 atom stereocenters. The van der Waals surface area contributed by atoms with Gasteiger partial charge in [-0.15, -0.1) is 0 Å². The van der Waals surface area contributed by atoms with Crippen LogP contribution in [0.15, 0.2) is 30.3 Å². The predicted octanol–water partition coefficient (Wildman–Crippen LogP) is 5.37. The average Bonchev–Trinajstić information content (AvgIpc) is 2.75. The Labute approximate surface area is 210 Å². The zero-order valence-electron chi connectivity index (χ0n) is 22.2. The molecule has 0 spiro atoms. The van der Waals surface area contributed by atoms with Gasteiger partial charge in [0.25, 0.3) is 0 Å². The zero-order chi connectivity index (χ0) is 25.9. The summed E-state index contributed by atoms with van der Waals surface area (Å²) >= 11 is 0. The van der Waals surface area contributed by atoms with Crippen molar-refractivity contribution in [1.29, 1.82) is 0 Å². The van der Waals surface area contributed by atoms with Gasteiger partial charge in [-0.05, 0) is 68.3 Å². The number of hydrogen-bond acceptors (Lipinski definition) is 5. The molecule has 35 heavy (non-hydrogen) atoms. The van der Waals surface area contributed by atoms with Gasteiger partial charge in [-0.3, -0.25) is 9.59 Å². The van der Waals surface area contributed by atoms with Crippen molar-refractivity contribution in [2.45, 2.75) is 92.2 Å². The molecule has 7 heteroatoms. The number of rotatable bonds is 12. The van der Waals surface area contributed by atoms with Crippen LogP contribution in [-0.4, -0.2) is 37.2 Å². The van der Waals surface area contributed by atoms with Crippen LogP contribution in [0.3, 0.4) is 0 Å². The Morgan fingerprint density at radius 1 is 1.03 bits per heavy atom. The Morgan fingerprint density at radius 2 is 1.74 bits per heavy atom. The van der Waals surface area contributed by atoms with Gasteiger partial charge in [0.15, 0.2) is 0 Å². The Bertz CT molecular complexity index is 824. The highest BCUT2D eigenvalue weighted by Crippen LogP contribution is 2.49. The number of ether oxygens (including phenoxy) is 2. The van der Waals surface area contributed by atoms with Crippen LogP contribution in [0.4, 0.5) is 4.79 Å². The largest absolute Gasteiger partial charge is 0.463 e. The van der Waals surface area contributed by atoms with Gasteiger partial charge in [0, 0.05) is 25.9 Å². The molecular formula is C28H44N2O5. The Kier molecular flexibility index (Phi) is 11.1. The lowest BCUT2D eigenvalue weighted by molar-refractivity contribution is -0.149. The molecule has 0 radical (unpaired) electrons. The number of hydrogen-bond donors (Lipinski definition) is 2. The van der Waals surface area contributed by atoms with Gasteiger partial charge < -0.3 is 20.1 Å². The zero-order valence-corrected chi connectivity index (χ0v) is 22.2. The first-order chi connectivity index (χ1) is 16.5. The lowest BCUT2D eigenvalue weighted by Crippen LogP contribution is -2.44. The normalized spacial score (nSPS) is 21.3. The molecule has 1 aliphatic rings. The second-order valence-electron chi connectivity index (χ2n) is 11.4. The Hall–Kier alpha value is -2.57. The molecule has 196 valence electrons. The van der Waals surface area contributed by atoms with Crippen LogP contribution in [0.1, 0.15) is 85.1 Å². The molecule has 1 aliphatic carbocycles. The van der Waals surface area contributed by atoms with Gasteiger partial charge in [0.1, 0.15) is 0 Å². The van der Waals surface area contributed by atoms with Crippen molar-refractivity contribution in [3.8, 4) is 0 Å². The summed E-state index contributed by atoms with van der Waals surface area (Å²) in [6.45, 7) is 11.7. The summed E-state index contributed by atoms with van der Waals surface area (Å²) in [6, 6.07) is 9.79. The van der Waals surface area contributed by atoms with E-state index >= 15 is 0 Å². The maximum absolute atomic E-state index is 12.2. The van der Waals surface area contributed by atoms with Gasteiger partial charge in [-0.2, -0.15) is 0 Å². The number of carbonyl (C=O) groups excluding carboxylic acids is 3. The summed E-state index contributed by atoms with van der Waals surface area (Å²) in [5, 5.41) is 5.82. The van der Waals surface area contributed by atoms with Gasteiger partial charge in [0.05, 0.1) is 12.7 Å². The number of amides is 2. The van der Waals surface area contributed by atoms with Gasteiger partial charge in [-0.1, -0.05) is 51.1 Å². The van der Waals surface area contributed by atoms with Gasteiger partial charge in [-0.25, -0.2) is 4.79 Å². The van der Waals surface area contributed by atoms with E-state index in [1.54, 1.807) is 0 Å². The van der Waals surface area contributed by atoms with E-state index in [1.807, 2.05) is 44.2 Å². The highest BCUT2D eigenvalue weighted by Gasteiger charge is 2.42. The summed E-state index contributed by atoms with van der Waals surface area (Å²) < 4.78 is 10.7. The number of benzene rings is 1. The molecule has 0 bridgehead atoms. The van der Waals surface area contributed by atoms with E-state index in [0.717, 1.165) is 24.8 Å². The van der Waals surface area contributed by atoms with E-state index in [9.17, 15) is 14.4 Å². The van der Waals surface area contributed by atoms with E-state index in [4.69, 9.17) is 9.47 Å². The van der Waals surface area contributed by atoms with Crippen molar-refractivity contribution in [2.75, 3.05) is 13.2 Å². The molecule has 0 saturated heterocycles. The summed E-state index contributed by atoms with van der Waals surface area (Å²) in [5.74, 6) is 0.0880. The summed E-state index contributed by atoms with van der Waals surface area (Å²) in [5.41, 5.74) is 1.04. The monoisotopic (exact) mass is 488 g/mol. The van der Waals surface area contributed by atoms with Crippen molar-refractivity contribution < 1.29 is 23.9 Å². The first kappa shape index (κ1) is 28.7. The van der Waals surface area contributed by atoms with Crippen LogP contribution >= 0.6 is 0 Å². The van der Waals surface area contributed by atoms with Crippen LogP contribution in [-0.2, 0) is 25.6 Å². The van der Waals surface area contributed by atoms with E-state index in [0.29, 0.717) is 38.8 Å². The fourth-order valence-electron chi connectivity index (χ4n) is 5.45. The van der Waals surface area contributed by atoms with E-state index in [2.05, 4.69) is 31.4 Å². The minimum atomic E-state index is -0.432. The predicted molar refractivity (Wildman–Crippen MR) is 137 cm³/mol. The number of nitrogens with one attached hydrogen (secondary N) is 2. The lowest BCUT2D eigenvalue weighted by Gasteiger charge is -2.46. The summed E-state index contributed by atoms with van der Waals surface area (Å²) in [4.78, 5) is 36.4. The molecule has 1 saturated carbocycles. The standard InChI is InChI=1S/C28H44N2O5/c1-21(2)35-25(32)15-23-16-27(3,4)19-28(5,17-23)20-30-26(33)34-14-10-9-13-24(31)29-18-22-11-7-6-8-12-22/h6-8,11-12,21,23H,9-10,13-20H2,1-5H3,(H,29,31)(H,30,33). The number of carbonyl (C=O) groups is 3. The second kappa shape index (κ2) is 13.5. The van der Waals surface area contributed by atoms with Crippen LogP contribution in [0, 0.1) is 16.7 Å². The minimum Gasteiger partial charge on any atom is -0.463 e. The van der Waals surface area contributed by atoms with Gasteiger partial charge in [0.2, 0.25) is 5.91 Å². The fourth-order valence-corrected chi connectivity index (χ4v) is 5.45. The minimum absolute atomic E-state index is 0.00188. The molecule has 1 aromatic carbocycles. The van der Waals surface area contributed by atoms with Crippen LogP contribution in [0.5, 0.6) is 0 Å². The molecule has 0 heterocycles. The highest BCUT2D eigenvalue weighted by atomic mass is 16.5. The number of esters is 1. The van der Waals surface area contributed by atoms with Crippen LogP contribution < -0.4 is 10.6 Å². The van der Waals surface area contributed by atoms with Crippen molar-refractivity contribution in [3.05, 3.63) is 35.9 Å². The highest BCUT2D eigenvalue weighted by molar-refractivity contribution is 5.75. The quantitative estimate of drug-likeness (QED) is 0.305. The molecule has 1 aromatic rings. The third-order valence-electron chi connectivity index (χ3n) is 6.37. The molecule has 7 nitrogen and oxygen atoms in total. The van der Waals surface area contributed by atoms with Crippen LogP contribution in [0.2, 0.25) is 0 Å². The fraction of sp³-hybridized carbons (Fsp3) is 0.679. The Morgan fingerprint density at radius 3 is 2.43 bits per heavy atom. The van der Waals surface area contributed by atoms with Crippen molar-refractivity contribution in [2.24, 2.45) is 16.7 Å². The SMILES string of the molecule is CC(C)OC(=O)CC1CC(C)(C)CC(C)(CNC(=O)OCCCCC(=O)NCc2ccccc2)C1. The maximum Gasteiger partial charge on any atom is 0.407 e.